The standard InChI is InChI=1S/2C7H5NS.2ClH.Co/c2*1-2-4-7-6(3-1)8-5-9-7;;;/h2*1-5H;2*1H;/q;;;;+2/p-2. The number of halogens is 2. The van der Waals surface area contributed by atoms with Crippen molar-refractivity contribution in [2.24, 2.45) is 0 Å². The van der Waals surface area contributed by atoms with Gasteiger partial charge in [0, 0.05) is 0 Å². The van der Waals surface area contributed by atoms with E-state index in [0.29, 0.717) is 12.9 Å². The van der Waals surface area contributed by atoms with Crippen LogP contribution >= 0.6 is 43.0 Å². The Labute approximate surface area is 145 Å². The van der Waals surface area contributed by atoms with Crippen molar-refractivity contribution in [2.75, 3.05) is 0 Å². The van der Waals surface area contributed by atoms with E-state index < -0.39 is 0 Å². The van der Waals surface area contributed by atoms with Crippen LogP contribution in [0.3, 0.4) is 0 Å². The monoisotopic (exact) mass is 399 g/mol. The fraction of sp³-hybridized carbons (Fsp3) is 0. The Morgan fingerprint density at radius 3 is 1.48 bits per heavy atom. The van der Waals surface area contributed by atoms with Crippen LogP contribution in [-0.2, 0) is 12.9 Å². The third-order valence-corrected chi connectivity index (χ3v) is 4.09. The van der Waals surface area contributed by atoms with Gasteiger partial charge in [-0.25, -0.2) is 9.97 Å². The van der Waals surface area contributed by atoms with E-state index in [1.54, 1.807) is 22.7 Å². The molecule has 2 heterocycles. The number of thiazole rings is 2. The Morgan fingerprint density at radius 2 is 1.10 bits per heavy atom. The summed E-state index contributed by atoms with van der Waals surface area (Å²) in [6.07, 6.45) is 0. The maximum atomic E-state index is 4.73. The summed E-state index contributed by atoms with van der Waals surface area (Å²) in [7, 11) is 9.47. The van der Waals surface area contributed by atoms with Crippen LogP contribution in [0.25, 0.3) is 20.4 Å². The van der Waals surface area contributed by atoms with Crippen LogP contribution < -0.4 is 0 Å². The second kappa shape index (κ2) is 9.35. The molecule has 0 aliphatic rings. The zero-order valence-corrected chi connectivity index (χ0v) is 14.8. The van der Waals surface area contributed by atoms with Crippen molar-refractivity contribution < 1.29 is 12.9 Å². The predicted octanol–water partition coefficient (Wildman–Crippen LogP) is 5.97. The number of hydrogen-bond donors (Lipinski definition) is 0. The molecule has 0 unspecified atom stereocenters. The number of fused-ring (bicyclic) bond motifs is 2. The zero-order valence-electron chi connectivity index (χ0n) is 10.6. The molecule has 0 saturated heterocycles. The average Bonchev–Trinajstić information content (AvgIpc) is 3.17. The second-order valence-corrected chi connectivity index (χ2v) is 7.18. The summed E-state index contributed by atoms with van der Waals surface area (Å²) in [5, 5.41) is 0. The normalized spacial score (nSPS) is 9.81. The van der Waals surface area contributed by atoms with Gasteiger partial charge in [-0.3, -0.25) is 0 Å². The molecular weight excluding hydrogens is 390 g/mol. The smallest absolute Gasteiger partial charge is 0.0812 e. The number of nitrogens with zero attached hydrogens (tertiary/aromatic N) is 2. The van der Waals surface area contributed by atoms with Gasteiger partial charge in [0.2, 0.25) is 0 Å². The van der Waals surface area contributed by atoms with Crippen molar-refractivity contribution in [3.05, 3.63) is 59.6 Å². The van der Waals surface area contributed by atoms with Crippen molar-refractivity contribution >= 4 is 63.4 Å². The first-order valence-electron chi connectivity index (χ1n) is 5.75. The van der Waals surface area contributed by atoms with Crippen molar-refractivity contribution in [2.45, 2.75) is 0 Å². The molecule has 0 N–H and O–H groups in total. The fourth-order valence-corrected chi connectivity index (χ4v) is 2.96. The minimum absolute atomic E-state index is 0.382. The van der Waals surface area contributed by atoms with E-state index in [1.807, 2.05) is 47.4 Å². The van der Waals surface area contributed by atoms with E-state index in [2.05, 4.69) is 22.1 Å². The summed E-state index contributed by atoms with van der Waals surface area (Å²) >= 11 is 3.73. The van der Waals surface area contributed by atoms with Crippen LogP contribution in [0.15, 0.2) is 59.6 Å². The minimum Gasteiger partial charge on any atom is -0.245 e. The summed E-state index contributed by atoms with van der Waals surface area (Å²) < 4.78 is 2.52. The third kappa shape index (κ3) is 5.21. The first-order chi connectivity index (χ1) is 10.3. The summed E-state index contributed by atoms with van der Waals surface area (Å²) in [6, 6.07) is 16.3. The van der Waals surface area contributed by atoms with Gasteiger partial charge >= 0.3 is 33.2 Å². The molecule has 0 spiro atoms. The van der Waals surface area contributed by atoms with E-state index in [9.17, 15) is 0 Å². The first-order valence-corrected chi connectivity index (χ1v) is 10.4. The van der Waals surface area contributed by atoms with Gasteiger partial charge in [-0.05, 0) is 24.3 Å². The molecule has 111 valence electrons. The van der Waals surface area contributed by atoms with Gasteiger partial charge in [0.1, 0.15) is 0 Å². The summed E-state index contributed by atoms with van der Waals surface area (Å²) in [4.78, 5) is 8.27. The molecule has 4 rings (SSSR count). The number of hydrogen-bond acceptors (Lipinski definition) is 4. The van der Waals surface area contributed by atoms with Gasteiger partial charge in [0.15, 0.2) is 0 Å². The Bertz CT molecular complexity index is 662. The molecule has 7 heteroatoms. The van der Waals surface area contributed by atoms with E-state index in [0.717, 1.165) is 11.0 Å². The number of para-hydroxylation sites is 2. The van der Waals surface area contributed by atoms with Crippen LogP contribution in [0.4, 0.5) is 0 Å². The largest absolute Gasteiger partial charge is 0.245 e. The van der Waals surface area contributed by atoms with Gasteiger partial charge < -0.3 is 0 Å². The van der Waals surface area contributed by atoms with Crippen LogP contribution in [0.5, 0.6) is 0 Å². The van der Waals surface area contributed by atoms with Crippen molar-refractivity contribution in [1.82, 2.24) is 9.97 Å². The van der Waals surface area contributed by atoms with Gasteiger partial charge in [0.05, 0.1) is 31.5 Å². The number of aromatic nitrogens is 2. The van der Waals surface area contributed by atoms with Gasteiger partial charge in [-0.2, -0.15) is 0 Å². The fourth-order valence-electron chi connectivity index (χ4n) is 1.61. The minimum atomic E-state index is 0.382. The molecule has 0 aliphatic carbocycles. The van der Waals surface area contributed by atoms with E-state index in [-0.39, 0.29) is 0 Å². The van der Waals surface area contributed by atoms with E-state index in [4.69, 9.17) is 20.3 Å². The zero-order chi connectivity index (χ0) is 14.9. The maximum absolute atomic E-state index is 4.73. The van der Waals surface area contributed by atoms with Crippen molar-refractivity contribution in [3.63, 3.8) is 0 Å². The van der Waals surface area contributed by atoms with Gasteiger partial charge in [-0.1, -0.05) is 24.3 Å². The van der Waals surface area contributed by atoms with E-state index >= 15 is 0 Å². The van der Waals surface area contributed by atoms with Gasteiger partial charge in [0.25, 0.3) is 0 Å². The third-order valence-electron chi connectivity index (χ3n) is 2.47. The van der Waals surface area contributed by atoms with Crippen molar-refractivity contribution in [3.8, 4) is 0 Å². The second-order valence-electron chi connectivity index (χ2n) is 3.69. The SMILES string of the molecule is [Cl][Co][Cl].c1ccc2scnc2c1.c1ccc2scnc2c1. The first kappa shape index (κ1) is 16.7. The molecule has 0 amide bonds. The number of rotatable bonds is 0. The molecule has 0 radical (unpaired) electrons. The molecule has 0 saturated carbocycles. The molecule has 2 nitrogen and oxygen atoms in total. The molecule has 0 bridgehead atoms. The molecule has 2 aromatic heterocycles. The maximum Gasteiger partial charge on any atom is 0.0812 e. The molecule has 21 heavy (non-hydrogen) atoms. The Kier molecular flexibility index (Phi) is 7.42. The molecule has 4 aromatic rings. The van der Waals surface area contributed by atoms with Crippen LogP contribution in [0, 0.1) is 0 Å². The predicted molar refractivity (Wildman–Crippen MR) is 90.9 cm³/mol. The molecule has 0 aliphatic heterocycles. The van der Waals surface area contributed by atoms with Crippen LogP contribution in [-0.4, -0.2) is 9.97 Å². The molecular formula is C14H10Cl2CoN2S2. The Balaban J connectivity index is 0.000000130. The Hall–Kier alpha value is -0.694. The quantitative estimate of drug-likeness (QED) is 0.364. The summed E-state index contributed by atoms with van der Waals surface area (Å²) in [5.41, 5.74) is 5.93. The molecule has 2 aromatic carbocycles. The summed E-state index contributed by atoms with van der Waals surface area (Å²) in [5.74, 6) is 0. The van der Waals surface area contributed by atoms with Crippen LogP contribution in [0.2, 0.25) is 0 Å². The van der Waals surface area contributed by atoms with Crippen LogP contribution in [0.1, 0.15) is 0 Å². The van der Waals surface area contributed by atoms with Gasteiger partial charge in [-0.15, -0.1) is 22.7 Å². The Morgan fingerprint density at radius 1 is 0.714 bits per heavy atom. The topological polar surface area (TPSA) is 25.8 Å². The number of benzene rings is 2. The average molecular weight is 400 g/mol. The summed E-state index contributed by atoms with van der Waals surface area (Å²) in [6.45, 7) is 0. The molecule has 0 fully saturated rings. The van der Waals surface area contributed by atoms with E-state index in [1.165, 1.54) is 9.40 Å². The van der Waals surface area contributed by atoms with Crippen molar-refractivity contribution in [1.29, 1.82) is 0 Å². The molecule has 0 atom stereocenters.